The van der Waals surface area contributed by atoms with Gasteiger partial charge in [0.05, 0.1) is 23.2 Å². The Morgan fingerprint density at radius 2 is 2.10 bits per heavy atom. The number of amides is 2. The maximum atomic E-state index is 13.7. The summed E-state index contributed by atoms with van der Waals surface area (Å²) in [7, 11) is 0. The highest BCUT2D eigenvalue weighted by molar-refractivity contribution is 6.00. The van der Waals surface area contributed by atoms with Gasteiger partial charge in [-0.25, -0.2) is 4.39 Å². The fraction of sp³-hybridized carbons (Fsp3) is 0.333. The molecule has 0 spiro atoms. The predicted octanol–water partition coefficient (Wildman–Crippen LogP) is 0.771. The van der Waals surface area contributed by atoms with Crippen LogP contribution in [-0.2, 0) is 4.79 Å². The van der Waals surface area contributed by atoms with E-state index in [0.717, 1.165) is 6.07 Å². The van der Waals surface area contributed by atoms with Gasteiger partial charge >= 0.3 is 0 Å². The van der Waals surface area contributed by atoms with Gasteiger partial charge in [-0.2, -0.15) is 0 Å². The maximum absolute atomic E-state index is 13.7. The molecule has 2 amide bonds. The number of nitrogens with zero attached hydrogens (tertiary/aromatic N) is 1. The van der Waals surface area contributed by atoms with Crippen LogP contribution in [0.15, 0.2) is 12.1 Å². The van der Waals surface area contributed by atoms with Gasteiger partial charge in [0.1, 0.15) is 5.56 Å². The third-order valence-electron chi connectivity index (χ3n) is 2.52. The van der Waals surface area contributed by atoms with Gasteiger partial charge in [0.15, 0.2) is 5.82 Å². The number of nitrogens with one attached hydrogen (secondary N) is 2. The number of halogens is 1. The van der Waals surface area contributed by atoms with Gasteiger partial charge in [0.25, 0.3) is 11.6 Å². The summed E-state index contributed by atoms with van der Waals surface area (Å²) in [5.41, 5.74) is 3.83. The van der Waals surface area contributed by atoms with E-state index in [0.29, 0.717) is 19.0 Å². The van der Waals surface area contributed by atoms with Crippen LogP contribution < -0.4 is 16.4 Å². The van der Waals surface area contributed by atoms with Crippen LogP contribution in [0.3, 0.4) is 0 Å². The minimum absolute atomic E-state index is 0.0216. The van der Waals surface area contributed by atoms with E-state index >= 15 is 0 Å². The van der Waals surface area contributed by atoms with Gasteiger partial charge in [-0.05, 0) is 12.5 Å². The monoisotopic (exact) mass is 298 g/mol. The second-order valence-electron chi connectivity index (χ2n) is 4.18. The van der Waals surface area contributed by atoms with Crippen LogP contribution in [0.1, 0.15) is 23.7 Å². The van der Waals surface area contributed by atoms with Crippen molar-refractivity contribution in [2.24, 2.45) is 5.73 Å². The average molecular weight is 298 g/mol. The molecule has 114 valence electrons. The van der Waals surface area contributed by atoms with Crippen molar-refractivity contribution in [1.82, 2.24) is 5.32 Å². The third-order valence-corrected chi connectivity index (χ3v) is 2.52. The summed E-state index contributed by atoms with van der Waals surface area (Å²) in [4.78, 5) is 32.5. The largest absolute Gasteiger partial charge is 0.383 e. The quantitative estimate of drug-likeness (QED) is 0.506. The summed E-state index contributed by atoms with van der Waals surface area (Å²) in [6.07, 6.45) is 0.708. The molecule has 0 unspecified atom stereocenters. The van der Waals surface area contributed by atoms with Crippen LogP contribution in [0.2, 0.25) is 0 Å². The van der Waals surface area contributed by atoms with E-state index in [1.165, 1.54) is 0 Å². The third kappa shape index (κ3) is 4.41. The highest BCUT2D eigenvalue weighted by Crippen LogP contribution is 2.26. The zero-order valence-corrected chi connectivity index (χ0v) is 11.3. The molecule has 0 aliphatic rings. The molecule has 0 radical (unpaired) electrons. The normalized spacial score (nSPS) is 10.0. The van der Waals surface area contributed by atoms with E-state index in [1.54, 1.807) is 0 Å². The molecule has 4 N–H and O–H groups in total. The lowest BCUT2D eigenvalue weighted by Gasteiger charge is -2.09. The first kappa shape index (κ1) is 16.3. The predicted molar refractivity (Wildman–Crippen MR) is 73.4 cm³/mol. The highest BCUT2D eigenvalue weighted by atomic mass is 19.1. The van der Waals surface area contributed by atoms with Crippen molar-refractivity contribution in [2.75, 3.05) is 18.4 Å². The van der Waals surface area contributed by atoms with Crippen molar-refractivity contribution in [2.45, 2.75) is 13.3 Å². The lowest BCUT2D eigenvalue weighted by Crippen LogP contribution is -2.33. The topological polar surface area (TPSA) is 127 Å². The smallest absolute Gasteiger partial charge is 0.285 e. The Bertz CT molecular complexity index is 577. The Hall–Kier alpha value is -2.71. The van der Waals surface area contributed by atoms with Gasteiger partial charge < -0.3 is 16.4 Å². The number of rotatable bonds is 7. The van der Waals surface area contributed by atoms with E-state index in [-0.39, 0.29) is 11.3 Å². The van der Waals surface area contributed by atoms with E-state index in [1.807, 2.05) is 6.92 Å². The Balaban J connectivity index is 3.15. The van der Waals surface area contributed by atoms with Gasteiger partial charge in [-0.15, -0.1) is 0 Å². The van der Waals surface area contributed by atoms with E-state index in [9.17, 15) is 24.1 Å². The molecule has 8 nitrogen and oxygen atoms in total. The summed E-state index contributed by atoms with van der Waals surface area (Å²) >= 11 is 0. The van der Waals surface area contributed by atoms with Gasteiger partial charge in [0, 0.05) is 6.54 Å². The molecule has 0 saturated heterocycles. The molecule has 0 aliphatic carbocycles. The Morgan fingerprint density at radius 1 is 1.43 bits per heavy atom. The number of anilines is 1. The van der Waals surface area contributed by atoms with Crippen LogP contribution in [0.25, 0.3) is 0 Å². The van der Waals surface area contributed by atoms with Crippen LogP contribution in [0, 0.1) is 15.9 Å². The molecule has 0 bridgehead atoms. The lowest BCUT2D eigenvalue weighted by atomic mass is 10.1. The highest BCUT2D eigenvalue weighted by Gasteiger charge is 2.23. The molecule has 0 atom stereocenters. The first-order chi connectivity index (χ1) is 9.86. The van der Waals surface area contributed by atoms with Crippen molar-refractivity contribution in [1.29, 1.82) is 0 Å². The second-order valence-corrected chi connectivity index (χ2v) is 4.18. The number of benzene rings is 1. The van der Waals surface area contributed by atoms with E-state index < -0.39 is 34.8 Å². The molecule has 0 aromatic heterocycles. The summed E-state index contributed by atoms with van der Waals surface area (Å²) in [6, 6.07) is 1.70. The molecule has 1 aromatic rings. The Morgan fingerprint density at radius 3 is 2.62 bits per heavy atom. The van der Waals surface area contributed by atoms with E-state index in [4.69, 9.17) is 5.73 Å². The first-order valence-electron chi connectivity index (χ1n) is 6.15. The summed E-state index contributed by atoms with van der Waals surface area (Å²) in [5.74, 6) is -2.50. The van der Waals surface area contributed by atoms with Crippen molar-refractivity contribution in [3.05, 3.63) is 33.6 Å². The fourth-order valence-corrected chi connectivity index (χ4v) is 1.55. The molecule has 1 aromatic carbocycles. The van der Waals surface area contributed by atoms with E-state index in [2.05, 4.69) is 10.6 Å². The number of nitrogens with two attached hydrogens (primary N) is 1. The van der Waals surface area contributed by atoms with Crippen molar-refractivity contribution in [3.8, 4) is 0 Å². The fourth-order valence-electron chi connectivity index (χ4n) is 1.55. The van der Waals surface area contributed by atoms with Gasteiger partial charge in [-0.1, -0.05) is 6.92 Å². The molecule has 9 heteroatoms. The molecular formula is C12H15FN4O4. The van der Waals surface area contributed by atoms with Crippen LogP contribution in [0.4, 0.5) is 15.8 Å². The van der Waals surface area contributed by atoms with Crippen LogP contribution in [-0.4, -0.2) is 29.8 Å². The van der Waals surface area contributed by atoms with Crippen molar-refractivity contribution in [3.63, 3.8) is 0 Å². The zero-order valence-electron chi connectivity index (χ0n) is 11.3. The molecule has 0 heterocycles. The van der Waals surface area contributed by atoms with Crippen LogP contribution >= 0.6 is 0 Å². The number of carbonyl (C=O) groups is 2. The summed E-state index contributed by atoms with van der Waals surface area (Å²) in [6.45, 7) is 1.83. The average Bonchev–Trinajstić information content (AvgIpc) is 2.42. The van der Waals surface area contributed by atoms with Gasteiger partial charge in [-0.3, -0.25) is 19.7 Å². The summed E-state index contributed by atoms with van der Waals surface area (Å²) in [5, 5.41) is 15.7. The van der Waals surface area contributed by atoms with Gasteiger partial charge in [0.2, 0.25) is 5.91 Å². The standard InChI is InChI=1S/C12H15FN4O4/c1-2-3-15-9-4-7(12(19)16-6-11(14)18)10(17(20)21)5-8(9)13/h4-5,15H,2-3,6H2,1H3,(H2,14,18)(H,16,19). The number of nitro groups is 1. The number of nitro benzene ring substituents is 1. The number of carbonyl (C=O) groups excluding carboxylic acids is 2. The van der Waals surface area contributed by atoms with Crippen molar-refractivity contribution >= 4 is 23.2 Å². The minimum Gasteiger partial charge on any atom is -0.383 e. The summed E-state index contributed by atoms with van der Waals surface area (Å²) < 4.78 is 13.7. The second kappa shape index (κ2) is 7.17. The van der Waals surface area contributed by atoms with Crippen LogP contribution in [0.5, 0.6) is 0 Å². The van der Waals surface area contributed by atoms with Crippen molar-refractivity contribution < 1.29 is 18.9 Å². The number of hydrogen-bond donors (Lipinski definition) is 3. The molecule has 1 rings (SSSR count). The first-order valence-corrected chi connectivity index (χ1v) is 6.15. The number of primary amides is 1. The molecule has 0 saturated carbocycles. The SMILES string of the molecule is CCCNc1cc(C(=O)NCC(N)=O)c([N+](=O)[O-])cc1F. The zero-order chi connectivity index (χ0) is 16.0. The molecule has 0 aliphatic heterocycles. The Labute approximate surface area is 119 Å². The number of hydrogen-bond acceptors (Lipinski definition) is 5. The Kier molecular flexibility index (Phi) is 5.58. The molecular weight excluding hydrogens is 283 g/mol. The lowest BCUT2D eigenvalue weighted by molar-refractivity contribution is -0.385. The molecule has 0 fully saturated rings. The maximum Gasteiger partial charge on any atom is 0.285 e. The molecule has 21 heavy (non-hydrogen) atoms. The minimum atomic E-state index is -0.875.